The number of aromatic nitrogens is 3. The van der Waals surface area contributed by atoms with Crippen LogP contribution in [0.15, 0.2) is 40.9 Å². The lowest BCUT2D eigenvalue weighted by Gasteiger charge is -2.21. The van der Waals surface area contributed by atoms with E-state index < -0.39 is 5.60 Å². The molecule has 0 aliphatic rings. The van der Waals surface area contributed by atoms with Crippen molar-refractivity contribution in [3.05, 3.63) is 47.3 Å². The van der Waals surface area contributed by atoms with Crippen molar-refractivity contribution in [3.63, 3.8) is 0 Å². The molecule has 0 unspecified atom stereocenters. The normalized spacial score (nSPS) is 11.9. The first-order chi connectivity index (χ1) is 16.9. The minimum atomic E-state index is -1.05. The zero-order chi connectivity index (χ0) is 26.2. The van der Waals surface area contributed by atoms with E-state index in [4.69, 9.17) is 4.42 Å². The van der Waals surface area contributed by atoms with Gasteiger partial charge in [0, 0.05) is 19.7 Å². The van der Waals surface area contributed by atoms with Crippen molar-refractivity contribution >= 4 is 45.8 Å². The number of imidazole rings is 1. The fraction of sp³-hybridized carbons (Fsp3) is 0.360. The Bertz CT molecular complexity index is 1410. The molecule has 0 saturated heterocycles. The van der Waals surface area contributed by atoms with E-state index in [1.54, 1.807) is 55.6 Å². The summed E-state index contributed by atoms with van der Waals surface area (Å²) >= 11 is 1.29. The number of rotatable bonds is 8. The molecule has 4 rings (SSSR count). The van der Waals surface area contributed by atoms with Crippen LogP contribution in [0, 0.1) is 6.92 Å². The fourth-order valence-corrected chi connectivity index (χ4v) is 4.57. The Balaban J connectivity index is 1.65. The summed E-state index contributed by atoms with van der Waals surface area (Å²) in [6, 6.07) is 9.00. The third-order valence-electron chi connectivity index (χ3n) is 5.41. The quantitative estimate of drug-likeness (QED) is 0.372. The van der Waals surface area contributed by atoms with Crippen molar-refractivity contribution in [2.75, 3.05) is 37.9 Å². The van der Waals surface area contributed by atoms with Crippen molar-refractivity contribution in [3.8, 4) is 10.6 Å². The van der Waals surface area contributed by atoms with Gasteiger partial charge in [-0.15, -0.1) is 11.3 Å². The molecular weight excluding hydrogens is 480 g/mol. The van der Waals surface area contributed by atoms with Crippen molar-refractivity contribution in [2.24, 2.45) is 0 Å². The van der Waals surface area contributed by atoms with Gasteiger partial charge in [0.15, 0.2) is 11.7 Å². The van der Waals surface area contributed by atoms with Gasteiger partial charge in [0.25, 0.3) is 5.91 Å². The molecule has 3 heterocycles. The Morgan fingerprint density at radius 2 is 1.94 bits per heavy atom. The van der Waals surface area contributed by atoms with Crippen LogP contribution < -0.4 is 10.2 Å². The smallest absolute Gasteiger partial charge is 0.268 e. The third-order valence-corrected chi connectivity index (χ3v) is 6.51. The van der Waals surface area contributed by atoms with E-state index in [0.717, 1.165) is 10.4 Å². The largest absolute Gasteiger partial charge is 0.440 e. The van der Waals surface area contributed by atoms with Crippen LogP contribution in [-0.4, -0.2) is 69.6 Å². The maximum Gasteiger partial charge on any atom is 0.268 e. The number of anilines is 2. The van der Waals surface area contributed by atoms with Crippen LogP contribution >= 0.6 is 11.3 Å². The van der Waals surface area contributed by atoms with Gasteiger partial charge in [-0.25, -0.2) is 9.97 Å². The van der Waals surface area contributed by atoms with Crippen LogP contribution in [0.4, 0.5) is 11.6 Å². The number of oxazole rings is 1. The topological polar surface area (TPSA) is 117 Å². The molecule has 3 aromatic heterocycles. The van der Waals surface area contributed by atoms with E-state index >= 15 is 0 Å². The van der Waals surface area contributed by atoms with Gasteiger partial charge < -0.3 is 23.9 Å². The maximum atomic E-state index is 13.1. The number of amides is 2. The molecule has 0 saturated carbocycles. The lowest BCUT2D eigenvalue weighted by atomic mass is 10.1. The van der Waals surface area contributed by atoms with Crippen LogP contribution in [0.5, 0.6) is 0 Å². The number of aliphatic hydroxyl groups is 1. The first-order valence-electron chi connectivity index (χ1n) is 11.4. The second kappa shape index (κ2) is 9.84. The summed E-state index contributed by atoms with van der Waals surface area (Å²) < 4.78 is 7.33. The zero-order valence-corrected chi connectivity index (χ0v) is 22.0. The summed E-state index contributed by atoms with van der Waals surface area (Å²) in [7, 11) is 5.39. The zero-order valence-electron chi connectivity index (χ0n) is 21.2. The Morgan fingerprint density at radius 3 is 2.58 bits per heavy atom. The second-order valence-corrected chi connectivity index (χ2v) is 10.6. The molecule has 0 aliphatic carbocycles. The number of carbonyl (C=O) groups excluding carboxylic acids is 2. The predicted molar refractivity (Wildman–Crippen MR) is 141 cm³/mol. The van der Waals surface area contributed by atoms with Crippen LogP contribution in [0.1, 0.15) is 29.4 Å². The minimum absolute atomic E-state index is 0.0562. The van der Waals surface area contributed by atoms with Gasteiger partial charge in [-0.05, 0) is 58.3 Å². The summed E-state index contributed by atoms with van der Waals surface area (Å²) in [5, 5.41) is 13.4. The standard InChI is InChI=1S/C25H30N6O4S/c1-15-26-12-19(35-15)20-9-10-21(36-20)23(33)28-24-27-17-11-16(30(6)22(32)13-29(4)5)7-8-18(17)31(24)14-25(2,3)34/h7-12,34H,13-14H2,1-6H3,(H,27,28,33). The summed E-state index contributed by atoms with van der Waals surface area (Å²) in [5.74, 6) is 1.08. The number of thiophene rings is 1. The molecule has 0 bridgehead atoms. The number of aryl methyl sites for hydroxylation is 1. The van der Waals surface area contributed by atoms with Crippen molar-refractivity contribution in [2.45, 2.75) is 32.9 Å². The van der Waals surface area contributed by atoms with E-state index in [9.17, 15) is 14.7 Å². The molecule has 4 aromatic rings. The lowest BCUT2D eigenvalue weighted by molar-refractivity contribution is -0.118. The molecule has 2 N–H and O–H groups in total. The first-order valence-corrected chi connectivity index (χ1v) is 12.2. The van der Waals surface area contributed by atoms with E-state index in [1.165, 1.54) is 11.3 Å². The van der Waals surface area contributed by atoms with Gasteiger partial charge >= 0.3 is 0 Å². The van der Waals surface area contributed by atoms with Gasteiger partial charge in [-0.2, -0.15) is 0 Å². The van der Waals surface area contributed by atoms with Crippen LogP contribution in [-0.2, 0) is 11.3 Å². The van der Waals surface area contributed by atoms with Crippen LogP contribution in [0.25, 0.3) is 21.7 Å². The van der Waals surface area contributed by atoms with Gasteiger partial charge in [-0.1, -0.05) is 0 Å². The number of nitrogens with zero attached hydrogens (tertiary/aromatic N) is 5. The van der Waals surface area contributed by atoms with Gasteiger partial charge in [-0.3, -0.25) is 14.9 Å². The molecule has 0 spiro atoms. The molecule has 10 nitrogen and oxygen atoms in total. The summed E-state index contributed by atoms with van der Waals surface area (Å²) in [5.41, 5.74) is 0.962. The fourth-order valence-electron chi connectivity index (χ4n) is 3.72. The molecule has 0 radical (unpaired) electrons. The molecule has 0 aliphatic heterocycles. The molecular formula is C25H30N6O4S. The van der Waals surface area contributed by atoms with Crippen molar-refractivity contribution < 1.29 is 19.1 Å². The van der Waals surface area contributed by atoms with E-state index in [-0.39, 0.29) is 24.9 Å². The van der Waals surface area contributed by atoms with E-state index in [2.05, 4.69) is 15.3 Å². The Morgan fingerprint density at radius 1 is 1.19 bits per heavy atom. The number of hydrogen-bond donors (Lipinski definition) is 2. The molecule has 0 atom stereocenters. The number of benzene rings is 1. The first kappa shape index (κ1) is 25.5. The number of carbonyl (C=O) groups is 2. The van der Waals surface area contributed by atoms with Gasteiger partial charge in [0.1, 0.15) is 0 Å². The number of hydrogen-bond acceptors (Lipinski definition) is 8. The Labute approximate surface area is 213 Å². The molecule has 2 amide bonds. The highest BCUT2D eigenvalue weighted by atomic mass is 32.1. The highest BCUT2D eigenvalue weighted by Crippen LogP contribution is 2.30. The maximum absolute atomic E-state index is 13.1. The summed E-state index contributed by atoms with van der Waals surface area (Å²) in [6.07, 6.45) is 1.63. The monoisotopic (exact) mass is 510 g/mol. The van der Waals surface area contributed by atoms with E-state index in [1.807, 2.05) is 37.2 Å². The second-order valence-electron chi connectivity index (χ2n) is 9.56. The SMILES string of the molecule is Cc1ncc(-c2ccc(C(=O)Nc3nc4cc(N(C)C(=O)CN(C)C)ccc4n3CC(C)(C)O)s2)o1. The summed E-state index contributed by atoms with van der Waals surface area (Å²) in [4.78, 5) is 39.0. The Kier molecular flexibility index (Phi) is 6.98. The van der Waals surface area contributed by atoms with Gasteiger partial charge in [0.05, 0.1) is 45.7 Å². The molecule has 0 fully saturated rings. The van der Waals surface area contributed by atoms with E-state index in [0.29, 0.717) is 33.7 Å². The predicted octanol–water partition coefficient (Wildman–Crippen LogP) is 3.61. The average molecular weight is 511 g/mol. The van der Waals surface area contributed by atoms with Gasteiger partial charge in [0.2, 0.25) is 11.9 Å². The highest BCUT2D eigenvalue weighted by Gasteiger charge is 2.23. The van der Waals surface area contributed by atoms with Crippen molar-refractivity contribution in [1.82, 2.24) is 19.4 Å². The minimum Gasteiger partial charge on any atom is -0.440 e. The van der Waals surface area contributed by atoms with Crippen LogP contribution in [0.2, 0.25) is 0 Å². The van der Waals surface area contributed by atoms with Crippen molar-refractivity contribution in [1.29, 1.82) is 0 Å². The summed E-state index contributed by atoms with van der Waals surface area (Å²) in [6.45, 7) is 5.63. The molecule has 11 heteroatoms. The molecule has 1 aromatic carbocycles. The highest BCUT2D eigenvalue weighted by molar-refractivity contribution is 7.17. The average Bonchev–Trinajstić information content (AvgIpc) is 3.51. The molecule has 190 valence electrons. The van der Waals surface area contributed by atoms with Crippen LogP contribution in [0.3, 0.4) is 0 Å². The third kappa shape index (κ3) is 5.64. The number of fused-ring (bicyclic) bond motifs is 1. The Hall–Kier alpha value is -3.54. The molecule has 36 heavy (non-hydrogen) atoms. The lowest BCUT2D eigenvalue weighted by Crippen LogP contribution is -2.34. The number of likely N-dealkylation sites (N-methyl/N-ethyl adjacent to an activating group) is 2. The number of nitrogens with one attached hydrogen (secondary N) is 1.